The summed E-state index contributed by atoms with van der Waals surface area (Å²) < 4.78 is 57.5. The van der Waals surface area contributed by atoms with Gasteiger partial charge in [-0.25, -0.2) is 14.5 Å². The van der Waals surface area contributed by atoms with Gasteiger partial charge in [-0.3, -0.25) is 0 Å². The Morgan fingerprint density at radius 2 is 0.955 bits per heavy atom. The first-order valence-corrected chi connectivity index (χ1v) is 21.2. The van der Waals surface area contributed by atoms with Crippen LogP contribution < -0.4 is 30.6 Å². The van der Waals surface area contributed by atoms with E-state index in [-0.39, 0.29) is 6.92 Å². The van der Waals surface area contributed by atoms with E-state index in [1.54, 1.807) is 18.2 Å². The molecular formula is C52H50B3N3O8. The lowest BCUT2D eigenvalue weighted by Gasteiger charge is -2.14. The van der Waals surface area contributed by atoms with Gasteiger partial charge in [0.05, 0.1) is 43.6 Å². The number of rotatable bonds is 6. The molecule has 6 aromatic carbocycles. The summed E-state index contributed by atoms with van der Waals surface area (Å²) in [5.41, 5.74) is 14.3. The van der Waals surface area contributed by atoms with Gasteiger partial charge in [-0.1, -0.05) is 19.0 Å². The van der Waals surface area contributed by atoms with E-state index in [9.17, 15) is 10.0 Å². The fraction of sp³-hybridized carbons (Fsp3) is 0.250. The second kappa shape index (κ2) is 19.7. The zero-order valence-electron chi connectivity index (χ0n) is 41.6. The lowest BCUT2D eigenvalue weighted by molar-refractivity contribution is 0.274. The quantitative estimate of drug-likeness (QED) is 0.126. The van der Waals surface area contributed by atoms with E-state index in [4.69, 9.17) is 52.0 Å². The van der Waals surface area contributed by atoms with E-state index in [0.717, 1.165) is 66.8 Å². The minimum Gasteiger partial charge on any atom is -0.457 e. The summed E-state index contributed by atoms with van der Waals surface area (Å²) in [5, 5.41) is 19.6. The van der Waals surface area contributed by atoms with Crippen molar-refractivity contribution in [2.24, 2.45) is 0 Å². The lowest BCUT2D eigenvalue weighted by Crippen LogP contribution is -2.30. The molecule has 6 aromatic rings. The molecule has 3 aliphatic heterocycles. The Hall–Kier alpha value is -6.82. The van der Waals surface area contributed by atoms with Crippen molar-refractivity contribution in [1.82, 2.24) is 0 Å². The molecule has 2 N–H and O–H groups in total. The number of hydrogen-bond donors (Lipinski definition) is 2. The van der Waals surface area contributed by atoms with E-state index in [1.165, 1.54) is 0 Å². The molecule has 0 aliphatic carbocycles. The van der Waals surface area contributed by atoms with Crippen LogP contribution >= 0.6 is 0 Å². The maximum absolute atomic E-state index is 9.83. The number of ether oxygens (including phenoxy) is 3. The molecule has 14 heteroatoms. The van der Waals surface area contributed by atoms with Gasteiger partial charge in [0.25, 0.3) is 0 Å². The van der Waals surface area contributed by atoms with Crippen LogP contribution in [0.5, 0.6) is 34.5 Å². The van der Waals surface area contributed by atoms with E-state index >= 15 is 0 Å². The summed E-state index contributed by atoms with van der Waals surface area (Å²) in [6.07, 6.45) is 0. The second-order valence-electron chi connectivity index (χ2n) is 16.6. The van der Waals surface area contributed by atoms with Crippen LogP contribution in [0.15, 0.2) is 72.8 Å². The van der Waals surface area contributed by atoms with Crippen LogP contribution in [0.2, 0.25) is 6.82 Å². The fourth-order valence-corrected chi connectivity index (χ4v) is 8.29. The Labute approximate surface area is 392 Å². The number of fused-ring (bicyclic) bond motifs is 3. The third-order valence-corrected chi connectivity index (χ3v) is 11.7. The van der Waals surface area contributed by atoms with Crippen LogP contribution in [0, 0.1) is 82.0 Å². The molecule has 330 valence electrons. The summed E-state index contributed by atoms with van der Waals surface area (Å²) in [7, 11) is -2.10. The van der Waals surface area contributed by atoms with Crippen molar-refractivity contribution in [3.63, 3.8) is 0 Å². The third-order valence-electron chi connectivity index (χ3n) is 11.7. The number of aryl methyl sites for hydroxylation is 8. The smallest absolute Gasteiger partial charge is 0.457 e. The number of nitrogens with zero attached hydrogens (tertiary/aromatic N) is 3. The monoisotopic (exact) mass is 880 g/mol. The average molecular weight is 880 g/mol. The summed E-state index contributed by atoms with van der Waals surface area (Å²) in [5.74, 6) is 3.94. The minimum absolute atomic E-state index is 0.0531. The molecule has 0 amide bonds. The highest BCUT2D eigenvalue weighted by Crippen LogP contribution is 2.36. The molecular weight excluding hydrogens is 827 g/mol. The topological polar surface area (TPSA) is 109 Å². The molecule has 0 bridgehead atoms. The molecule has 3 unspecified atom stereocenters. The summed E-state index contributed by atoms with van der Waals surface area (Å²) >= 11 is 0. The first kappa shape index (κ1) is 43.1. The van der Waals surface area contributed by atoms with Crippen LogP contribution in [0.3, 0.4) is 0 Å². The van der Waals surface area contributed by atoms with Crippen LogP contribution in [0.25, 0.3) is 14.5 Å². The fourth-order valence-electron chi connectivity index (χ4n) is 8.29. The average Bonchev–Trinajstić information content (AvgIpc) is 3.84. The van der Waals surface area contributed by atoms with Gasteiger partial charge in [0.1, 0.15) is 34.5 Å². The van der Waals surface area contributed by atoms with Gasteiger partial charge in [-0.15, -0.1) is 0 Å². The molecule has 11 nitrogen and oxygen atoms in total. The molecule has 0 saturated carbocycles. The maximum atomic E-state index is 9.83. The van der Waals surface area contributed by atoms with Crippen LogP contribution in [0.4, 0.5) is 17.1 Å². The molecule has 0 saturated heterocycles. The Kier molecular flexibility index (Phi) is 12.9. The lowest BCUT2D eigenvalue weighted by atomic mass is 9.64. The van der Waals surface area contributed by atoms with Gasteiger partial charge in [0.15, 0.2) is 17.1 Å². The van der Waals surface area contributed by atoms with Crippen LogP contribution in [0.1, 0.15) is 70.9 Å². The maximum Gasteiger partial charge on any atom is 0.492 e. The van der Waals surface area contributed by atoms with Gasteiger partial charge in [-0.2, -0.15) is 0 Å². The van der Waals surface area contributed by atoms with E-state index < -0.39 is 34.0 Å². The van der Waals surface area contributed by atoms with Gasteiger partial charge >= 0.3 is 21.2 Å². The van der Waals surface area contributed by atoms with Gasteiger partial charge in [0.2, 0.25) is 0 Å². The first-order valence-electron chi connectivity index (χ1n) is 23.0. The van der Waals surface area contributed by atoms with E-state index in [1.807, 2.05) is 124 Å². The van der Waals surface area contributed by atoms with Crippen molar-refractivity contribution in [2.45, 2.75) is 88.9 Å². The van der Waals surface area contributed by atoms with Gasteiger partial charge in [-0.05, 0) is 206 Å². The largest absolute Gasteiger partial charge is 0.492 e. The Morgan fingerprint density at radius 3 is 1.48 bits per heavy atom. The molecule has 66 heavy (non-hydrogen) atoms. The van der Waals surface area contributed by atoms with Crippen molar-refractivity contribution >= 4 is 54.6 Å². The second-order valence-corrected chi connectivity index (χ2v) is 16.6. The van der Waals surface area contributed by atoms with Crippen molar-refractivity contribution in [3.8, 4) is 34.5 Å². The Bertz CT molecular complexity index is 3010. The van der Waals surface area contributed by atoms with Crippen molar-refractivity contribution < 1.29 is 42.3 Å². The highest BCUT2D eigenvalue weighted by atomic mass is 16.5. The Balaban J connectivity index is 0.000000153. The predicted octanol–water partition coefficient (Wildman–Crippen LogP) is 10.7. The molecule has 0 spiro atoms. The normalized spacial score (nSPS) is 17.0. The van der Waals surface area contributed by atoms with E-state index in [0.29, 0.717) is 67.9 Å². The summed E-state index contributed by atoms with van der Waals surface area (Å²) in [6.45, 7) is 38.1. The third kappa shape index (κ3) is 9.88. The molecule has 3 heterocycles. The van der Waals surface area contributed by atoms with Crippen LogP contribution in [-0.4, -0.2) is 31.2 Å². The first-order chi connectivity index (χ1) is 32.7. The van der Waals surface area contributed by atoms with Crippen molar-refractivity contribution in [2.75, 3.05) is 0 Å². The van der Waals surface area contributed by atoms with E-state index in [2.05, 4.69) is 14.5 Å². The minimum atomic E-state index is -1.05. The molecule has 3 aliphatic rings. The van der Waals surface area contributed by atoms with Crippen LogP contribution in [-0.2, 0) is 33.7 Å². The SMILES string of the molecule is [2H]C1OB(C)c2ccc(Oc3cc(C)c([N+]#[C-])c(C)c3)c(C)c21.[2H]C1OB(O)c2c(C)cc(Oc3cc(C)c([N+]#[C-])c(C)c3)cc21.[2H]C1OB(O)c2cc(C)c(Oc3cc(C)c([N+]#[C-])c(C)c3)cc21. The van der Waals surface area contributed by atoms with Crippen molar-refractivity contribution in [1.29, 1.82) is 0 Å². The summed E-state index contributed by atoms with van der Waals surface area (Å²) in [6, 6.07) is 22.0. The molecule has 9 rings (SSSR count). The standard InChI is InChI=1S/C18H18BNO2.2C17H16BNO3/c1-11-8-14(9-12(2)18(11)20-5)22-17-7-6-16-15(13(17)3)10-21-19(16)4;1-10-7-15-13(9-21-18(15)20)8-16(10)22-14-5-11(2)17(19-4)12(3)6-14;1-10-5-15(8-13-9-21-18(20)16(10)13)22-14-6-11(2)17(19-4)12(3)7-14/h6-9H,10H2,1-4H3;2*5-8,20H,9H2,1-3H3/i10D;2*9D. The number of hydrogen-bond acceptors (Lipinski definition) is 8. The molecule has 0 aromatic heterocycles. The molecule has 3 atom stereocenters. The number of benzene rings is 6. The predicted molar refractivity (Wildman–Crippen MR) is 261 cm³/mol. The highest BCUT2D eigenvalue weighted by Gasteiger charge is 2.31. The van der Waals surface area contributed by atoms with Crippen molar-refractivity contribution in [3.05, 3.63) is 174 Å². The molecule has 0 fully saturated rings. The zero-order chi connectivity index (χ0) is 50.2. The molecule has 0 radical (unpaired) electrons. The van der Waals surface area contributed by atoms with Gasteiger partial charge in [0, 0.05) is 0 Å². The summed E-state index contributed by atoms with van der Waals surface area (Å²) in [4.78, 5) is 10.6. The Morgan fingerprint density at radius 1 is 0.500 bits per heavy atom. The van der Waals surface area contributed by atoms with Gasteiger partial charge < -0.3 is 38.2 Å². The highest BCUT2D eigenvalue weighted by molar-refractivity contribution is 6.67. The zero-order valence-corrected chi connectivity index (χ0v) is 38.6.